The topological polar surface area (TPSA) is 42.7 Å². The third-order valence-electron chi connectivity index (χ3n) is 3.03. The van der Waals surface area contributed by atoms with Gasteiger partial charge in [-0.15, -0.1) is 11.3 Å². The number of likely N-dealkylation sites (N-methyl/N-ethyl adjacent to an activating group) is 1. The minimum Gasteiger partial charge on any atom is -0.311 e. The number of hydrogen-bond acceptors (Lipinski definition) is 4. The lowest BCUT2D eigenvalue weighted by atomic mass is 10.1. The summed E-state index contributed by atoms with van der Waals surface area (Å²) in [6.45, 7) is 6.32. The van der Waals surface area contributed by atoms with E-state index in [-0.39, 0.29) is 6.04 Å². The van der Waals surface area contributed by atoms with E-state index in [1.54, 1.807) is 11.3 Å². The molecule has 0 bridgehead atoms. The molecule has 0 aliphatic rings. The van der Waals surface area contributed by atoms with Gasteiger partial charge in [-0.25, -0.2) is 4.98 Å². The Morgan fingerprint density at radius 2 is 2.21 bits per heavy atom. The van der Waals surface area contributed by atoms with Gasteiger partial charge in [-0.1, -0.05) is 0 Å². The molecule has 0 saturated carbocycles. The largest absolute Gasteiger partial charge is 0.311 e. The van der Waals surface area contributed by atoms with Crippen LogP contribution in [0.1, 0.15) is 42.3 Å². The SMILES string of the molecule is CNC(Cc1csc(C)n1)c1c(Br)cnn1C(C)C. The fraction of sp³-hybridized carbons (Fsp3) is 0.538. The molecule has 0 radical (unpaired) electrons. The van der Waals surface area contributed by atoms with Gasteiger partial charge >= 0.3 is 0 Å². The van der Waals surface area contributed by atoms with Gasteiger partial charge in [-0.2, -0.15) is 5.10 Å². The van der Waals surface area contributed by atoms with Crippen LogP contribution in [0.25, 0.3) is 0 Å². The summed E-state index contributed by atoms with van der Waals surface area (Å²) in [5, 5.41) is 11.1. The number of thiazole rings is 1. The van der Waals surface area contributed by atoms with Crippen molar-refractivity contribution in [2.75, 3.05) is 7.05 Å². The predicted molar refractivity (Wildman–Crippen MR) is 82.7 cm³/mol. The van der Waals surface area contributed by atoms with Crippen LogP contribution in [0.3, 0.4) is 0 Å². The Hall–Kier alpha value is -0.720. The number of nitrogens with zero attached hydrogens (tertiary/aromatic N) is 3. The summed E-state index contributed by atoms with van der Waals surface area (Å²) in [5.74, 6) is 0. The Kier molecular flexibility index (Phi) is 4.76. The molecule has 2 aromatic rings. The molecule has 19 heavy (non-hydrogen) atoms. The summed E-state index contributed by atoms with van der Waals surface area (Å²) in [5.41, 5.74) is 2.31. The maximum Gasteiger partial charge on any atom is 0.0897 e. The second-order valence-corrected chi connectivity index (χ2v) is 6.74. The minimum absolute atomic E-state index is 0.209. The average molecular weight is 343 g/mol. The van der Waals surface area contributed by atoms with Gasteiger partial charge in [-0.3, -0.25) is 4.68 Å². The Balaban J connectivity index is 2.29. The Morgan fingerprint density at radius 1 is 1.47 bits per heavy atom. The van der Waals surface area contributed by atoms with E-state index < -0.39 is 0 Å². The average Bonchev–Trinajstić information content (AvgIpc) is 2.93. The summed E-state index contributed by atoms with van der Waals surface area (Å²) in [6, 6.07) is 0.551. The second-order valence-electron chi connectivity index (χ2n) is 4.82. The molecule has 4 nitrogen and oxygen atoms in total. The van der Waals surface area contributed by atoms with E-state index in [0.29, 0.717) is 6.04 Å². The van der Waals surface area contributed by atoms with E-state index in [2.05, 4.69) is 55.2 Å². The Bertz CT molecular complexity index is 547. The van der Waals surface area contributed by atoms with Crippen molar-refractivity contribution in [2.24, 2.45) is 0 Å². The maximum absolute atomic E-state index is 4.55. The zero-order valence-electron chi connectivity index (χ0n) is 11.6. The summed E-state index contributed by atoms with van der Waals surface area (Å²) in [4.78, 5) is 4.55. The van der Waals surface area contributed by atoms with E-state index in [4.69, 9.17) is 0 Å². The summed E-state index contributed by atoms with van der Waals surface area (Å²) in [6.07, 6.45) is 2.74. The van der Waals surface area contributed by atoms with Crippen LogP contribution in [-0.2, 0) is 6.42 Å². The Labute approximate surface area is 126 Å². The van der Waals surface area contributed by atoms with Gasteiger partial charge in [-0.05, 0) is 43.7 Å². The second kappa shape index (κ2) is 6.15. The zero-order chi connectivity index (χ0) is 14.0. The summed E-state index contributed by atoms with van der Waals surface area (Å²) in [7, 11) is 1.98. The normalized spacial score (nSPS) is 13.2. The fourth-order valence-electron chi connectivity index (χ4n) is 2.13. The van der Waals surface area contributed by atoms with Gasteiger partial charge in [0, 0.05) is 17.8 Å². The molecule has 6 heteroatoms. The van der Waals surface area contributed by atoms with Crippen molar-refractivity contribution < 1.29 is 0 Å². The van der Waals surface area contributed by atoms with Crippen molar-refractivity contribution in [3.63, 3.8) is 0 Å². The molecule has 2 rings (SSSR count). The molecule has 104 valence electrons. The first kappa shape index (κ1) is 14.7. The molecule has 0 amide bonds. The monoisotopic (exact) mass is 342 g/mol. The highest BCUT2D eigenvalue weighted by molar-refractivity contribution is 9.10. The highest BCUT2D eigenvalue weighted by Gasteiger charge is 2.21. The van der Waals surface area contributed by atoms with Gasteiger partial charge in [0.05, 0.1) is 33.1 Å². The molecule has 0 fully saturated rings. The molecule has 2 heterocycles. The third-order valence-corrected chi connectivity index (χ3v) is 4.47. The molecule has 0 aromatic carbocycles. The van der Waals surface area contributed by atoms with Gasteiger partial charge in [0.1, 0.15) is 0 Å². The number of hydrogen-bond donors (Lipinski definition) is 1. The van der Waals surface area contributed by atoms with Crippen LogP contribution < -0.4 is 5.32 Å². The maximum atomic E-state index is 4.55. The summed E-state index contributed by atoms with van der Waals surface area (Å²) < 4.78 is 3.11. The van der Waals surface area contributed by atoms with Gasteiger partial charge < -0.3 is 5.32 Å². The first-order chi connectivity index (χ1) is 9.02. The highest BCUT2D eigenvalue weighted by Crippen LogP contribution is 2.28. The van der Waals surface area contributed by atoms with Crippen molar-refractivity contribution in [1.82, 2.24) is 20.1 Å². The molecule has 0 aliphatic heterocycles. The smallest absolute Gasteiger partial charge is 0.0897 e. The van der Waals surface area contributed by atoms with Crippen LogP contribution in [0, 0.1) is 6.92 Å². The van der Waals surface area contributed by atoms with Crippen LogP contribution in [0.2, 0.25) is 0 Å². The standard InChI is InChI=1S/C13H19BrN4S/c1-8(2)18-13(11(14)6-16-18)12(15-4)5-10-7-19-9(3)17-10/h6-8,12,15H,5H2,1-4H3. The van der Waals surface area contributed by atoms with E-state index in [1.807, 2.05) is 20.2 Å². The lowest BCUT2D eigenvalue weighted by Crippen LogP contribution is -2.24. The first-order valence-electron chi connectivity index (χ1n) is 6.34. The minimum atomic E-state index is 0.209. The van der Waals surface area contributed by atoms with E-state index in [1.165, 1.54) is 5.69 Å². The molecule has 2 aromatic heterocycles. The molecular weight excluding hydrogens is 324 g/mol. The van der Waals surface area contributed by atoms with Crippen LogP contribution in [0.15, 0.2) is 16.0 Å². The van der Waals surface area contributed by atoms with Crippen molar-refractivity contribution in [3.8, 4) is 0 Å². The number of rotatable bonds is 5. The van der Waals surface area contributed by atoms with Crippen molar-refractivity contribution >= 4 is 27.3 Å². The quantitative estimate of drug-likeness (QED) is 0.904. The van der Waals surface area contributed by atoms with Gasteiger partial charge in [0.25, 0.3) is 0 Å². The van der Waals surface area contributed by atoms with Crippen molar-refractivity contribution in [1.29, 1.82) is 0 Å². The number of halogens is 1. The van der Waals surface area contributed by atoms with E-state index in [9.17, 15) is 0 Å². The molecule has 0 aliphatic carbocycles. The highest BCUT2D eigenvalue weighted by atomic mass is 79.9. The molecule has 1 unspecified atom stereocenters. The van der Waals surface area contributed by atoms with Crippen LogP contribution >= 0.6 is 27.3 Å². The number of nitrogens with one attached hydrogen (secondary N) is 1. The lowest BCUT2D eigenvalue weighted by Gasteiger charge is -2.20. The lowest BCUT2D eigenvalue weighted by molar-refractivity contribution is 0.457. The van der Waals surface area contributed by atoms with Crippen molar-refractivity contribution in [3.05, 3.63) is 32.4 Å². The van der Waals surface area contributed by atoms with Crippen LogP contribution in [-0.4, -0.2) is 21.8 Å². The Morgan fingerprint density at radius 3 is 2.74 bits per heavy atom. The first-order valence-corrected chi connectivity index (χ1v) is 8.01. The molecule has 0 spiro atoms. The van der Waals surface area contributed by atoms with E-state index >= 15 is 0 Å². The zero-order valence-corrected chi connectivity index (χ0v) is 14.0. The molecule has 1 N–H and O–H groups in total. The van der Waals surface area contributed by atoms with E-state index in [0.717, 1.165) is 21.6 Å². The summed E-state index contributed by atoms with van der Waals surface area (Å²) >= 11 is 5.30. The third kappa shape index (κ3) is 3.24. The van der Waals surface area contributed by atoms with Gasteiger partial charge in [0.2, 0.25) is 0 Å². The number of aryl methyl sites for hydroxylation is 1. The van der Waals surface area contributed by atoms with Crippen molar-refractivity contribution in [2.45, 2.75) is 39.3 Å². The predicted octanol–water partition coefficient (Wildman–Crippen LogP) is 3.49. The molecule has 0 saturated heterocycles. The fourth-order valence-corrected chi connectivity index (χ4v) is 3.31. The van der Waals surface area contributed by atoms with Crippen LogP contribution in [0.5, 0.6) is 0 Å². The van der Waals surface area contributed by atoms with Gasteiger partial charge in [0.15, 0.2) is 0 Å². The molecule has 1 atom stereocenters. The molecular formula is C13H19BrN4S. The van der Waals surface area contributed by atoms with Crippen LogP contribution in [0.4, 0.5) is 0 Å². The number of aromatic nitrogens is 3.